The maximum atomic E-state index is 11.9. The number of hydrogen-bond donors (Lipinski definition) is 1. The van der Waals surface area contributed by atoms with Crippen molar-refractivity contribution in [3.63, 3.8) is 0 Å². The second kappa shape index (κ2) is 10.9. The first-order valence-corrected chi connectivity index (χ1v) is 9.90. The van der Waals surface area contributed by atoms with Gasteiger partial charge in [-0.05, 0) is 36.6 Å². The fraction of sp³-hybridized carbons (Fsp3) is 0.368. The average Bonchev–Trinajstić information content (AvgIpc) is 2.56. The Balaban J connectivity index is 0.00000338. The second-order valence-corrected chi connectivity index (χ2v) is 7.35. The van der Waals surface area contributed by atoms with Crippen LogP contribution in [0.1, 0.15) is 44.6 Å². The fourth-order valence-corrected chi connectivity index (χ4v) is 3.32. The molecule has 0 aromatic heterocycles. The van der Waals surface area contributed by atoms with E-state index in [1.54, 1.807) is 24.3 Å². The molecule has 0 bridgehead atoms. The summed E-state index contributed by atoms with van der Waals surface area (Å²) in [5.41, 5.74) is 0.500. The normalized spacial score (nSPS) is 11.0. The molecule has 0 spiro atoms. The summed E-state index contributed by atoms with van der Waals surface area (Å²) >= 11 is 0. The molecule has 136 valence electrons. The van der Waals surface area contributed by atoms with Crippen LogP contribution in [0.5, 0.6) is 17.2 Å². The average molecular weight is 386 g/mol. The number of hydrogen-bond acceptors (Lipinski definition) is 4. The SMILES string of the molecule is CCCCCCCc1cc([O-])cc(S(=O)(=O)O)c1Oc1ccccc1.[Na+]. The van der Waals surface area contributed by atoms with E-state index in [9.17, 15) is 18.1 Å². The molecule has 0 aliphatic rings. The molecule has 2 aromatic rings. The van der Waals surface area contributed by atoms with E-state index in [-0.39, 0.29) is 35.3 Å². The van der Waals surface area contributed by atoms with Gasteiger partial charge in [-0.2, -0.15) is 8.42 Å². The molecule has 0 aliphatic heterocycles. The van der Waals surface area contributed by atoms with E-state index in [1.165, 1.54) is 6.07 Å². The summed E-state index contributed by atoms with van der Waals surface area (Å²) in [6.45, 7) is 2.13. The van der Waals surface area contributed by atoms with Crippen LogP contribution in [0.25, 0.3) is 0 Å². The quantitative estimate of drug-likeness (QED) is 0.399. The van der Waals surface area contributed by atoms with Crippen molar-refractivity contribution in [2.24, 2.45) is 0 Å². The third-order valence-electron chi connectivity index (χ3n) is 3.90. The van der Waals surface area contributed by atoms with Crippen molar-refractivity contribution in [2.45, 2.75) is 50.3 Å². The third kappa shape index (κ3) is 6.93. The topological polar surface area (TPSA) is 86.7 Å². The Hall–Kier alpha value is -1.05. The minimum Gasteiger partial charge on any atom is -0.872 e. The Bertz CT molecular complexity index is 791. The van der Waals surface area contributed by atoms with E-state index in [0.717, 1.165) is 38.2 Å². The molecule has 0 amide bonds. The summed E-state index contributed by atoms with van der Waals surface area (Å²) in [6, 6.07) is 11.0. The van der Waals surface area contributed by atoms with Gasteiger partial charge in [0.05, 0.1) is 0 Å². The van der Waals surface area contributed by atoms with Gasteiger partial charge in [0.15, 0.2) is 5.75 Å². The maximum Gasteiger partial charge on any atom is 1.00 e. The number of rotatable bonds is 9. The molecular formula is C19H23NaO5S. The van der Waals surface area contributed by atoms with E-state index in [4.69, 9.17) is 4.74 Å². The van der Waals surface area contributed by atoms with Crippen LogP contribution in [-0.4, -0.2) is 13.0 Å². The molecule has 0 saturated heterocycles. The van der Waals surface area contributed by atoms with Crippen molar-refractivity contribution >= 4 is 10.1 Å². The molecule has 0 radical (unpaired) electrons. The van der Waals surface area contributed by atoms with Crippen LogP contribution in [0.15, 0.2) is 47.4 Å². The van der Waals surface area contributed by atoms with Crippen molar-refractivity contribution in [1.29, 1.82) is 0 Å². The van der Waals surface area contributed by atoms with Crippen LogP contribution < -0.4 is 39.4 Å². The summed E-state index contributed by atoms with van der Waals surface area (Å²) in [6.07, 6.45) is 5.69. The zero-order chi connectivity index (χ0) is 18.3. The van der Waals surface area contributed by atoms with Gasteiger partial charge < -0.3 is 9.84 Å². The van der Waals surface area contributed by atoms with Crippen LogP contribution in [0.2, 0.25) is 0 Å². The van der Waals surface area contributed by atoms with Gasteiger partial charge in [-0.25, -0.2) is 0 Å². The van der Waals surface area contributed by atoms with E-state index >= 15 is 0 Å². The van der Waals surface area contributed by atoms with Crippen LogP contribution in [0, 0.1) is 0 Å². The summed E-state index contributed by atoms with van der Waals surface area (Å²) in [5, 5.41) is 11.9. The molecule has 0 heterocycles. The summed E-state index contributed by atoms with van der Waals surface area (Å²) in [5.74, 6) is 0.0127. The van der Waals surface area contributed by atoms with Crippen molar-refractivity contribution in [3.8, 4) is 17.2 Å². The predicted octanol–water partition coefficient (Wildman–Crippen LogP) is 1.32. The summed E-state index contributed by atoms with van der Waals surface area (Å²) in [4.78, 5) is -0.479. The van der Waals surface area contributed by atoms with Crippen LogP contribution in [0.4, 0.5) is 0 Å². The maximum absolute atomic E-state index is 11.9. The number of para-hydroxylation sites is 1. The van der Waals surface area contributed by atoms with Gasteiger partial charge in [-0.1, -0.05) is 56.9 Å². The molecule has 5 nitrogen and oxygen atoms in total. The minimum absolute atomic E-state index is 0. The van der Waals surface area contributed by atoms with Gasteiger partial charge in [0.2, 0.25) is 0 Å². The van der Waals surface area contributed by atoms with Gasteiger partial charge >= 0.3 is 29.6 Å². The number of unbranched alkanes of at least 4 members (excludes halogenated alkanes) is 4. The Morgan fingerprint density at radius 3 is 2.31 bits per heavy atom. The van der Waals surface area contributed by atoms with Crippen LogP contribution >= 0.6 is 0 Å². The van der Waals surface area contributed by atoms with Gasteiger partial charge in [0.25, 0.3) is 10.1 Å². The van der Waals surface area contributed by atoms with E-state index in [0.29, 0.717) is 17.7 Å². The molecule has 0 unspecified atom stereocenters. The van der Waals surface area contributed by atoms with Crippen molar-refractivity contribution in [3.05, 3.63) is 48.0 Å². The first-order chi connectivity index (χ1) is 11.9. The zero-order valence-electron chi connectivity index (χ0n) is 15.3. The number of aryl methyl sites for hydroxylation is 1. The molecule has 0 aliphatic carbocycles. The molecule has 7 heteroatoms. The Morgan fingerprint density at radius 1 is 1.04 bits per heavy atom. The largest absolute Gasteiger partial charge is 1.00 e. The number of ether oxygens (including phenoxy) is 1. The minimum atomic E-state index is -4.56. The Morgan fingerprint density at radius 2 is 1.69 bits per heavy atom. The molecule has 0 saturated carbocycles. The monoisotopic (exact) mass is 386 g/mol. The summed E-state index contributed by atoms with van der Waals surface area (Å²) in [7, 11) is -4.56. The standard InChI is InChI=1S/C19H24O5S.Na/c1-2-3-4-5-7-10-15-13-16(20)14-18(25(21,22)23)19(15)24-17-11-8-6-9-12-17;/h6,8-9,11-14,20H,2-5,7,10H2,1H3,(H,21,22,23);/q;+1/p-1. The molecular weight excluding hydrogens is 363 g/mol. The van der Waals surface area contributed by atoms with Gasteiger partial charge in [0.1, 0.15) is 10.6 Å². The van der Waals surface area contributed by atoms with E-state index in [2.05, 4.69) is 6.92 Å². The Labute approximate surface area is 177 Å². The molecule has 2 aromatic carbocycles. The number of benzene rings is 2. The Kier molecular flexibility index (Phi) is 9.68. The first-order valence-electron chi connectivity index (χ1n) is 8.46. The van der Waals surface area contributed by atoms with Gasteiger partial charge in [-0.15, -0.1) is 5.75 Å². The van der Waals surface area contributed by atoms with Crippen molar-refractivity contribution in [1.82, 2.24) is 0 Å². The van der Waals surface area contributed by atoms with Crippen molar-refractivity contribution in [2.75, 3.05) is 0 Å². The fourth-order valence-electron chi connectivity index (χ4n) is 2.65. The van der Waals surface area contributed by atoms with Crippen molar-refractivity contribution < 1.29 is 52.4 Å². The zero-order valence-corrected chi connectivity index (χ0v) is 18.1. The van der Waals surface area contributed by atoms with Crippen LogP contribution in [0.3, 0.4) is 0 Å². The van der Waals surface area contributed by atoms with E-state index in [1.807, 2.05) is 6.07 Å². The van der Waals surface area contributed by atoms with Crippen LogP contribution in [-0.2, 0) is 16.5 Å². The van der Waals surface area contributed by atoms with Gasteiger partial charge in [-0.3, -0.25) is 4.55 Å². The predicted molar refractivity (Wildman–Crippen MR) is 94.7 cm³/mol. The molecule has 26 heavy (non-hydrogen) atoms. The third-order valence-corrected chi connectivity index (χ3v) is 4.76. The summed E-state index contributed by atoms with van der Waals surface area (Å²) < 4.78 is 38.6. The smallest absolute Gasteiger partial charge is 0.872 e. The molecule has 0 fully saturated rings. The first kappa shape index (κ1) is 23.0. The van der Waals surface area contributed by atoms with E-state index < -0.39 is 20.8 Å². The molecule has 2 rings (SSSR count). The second-order valence-electron chi connectivity index (χ2n) is 5.96. The van der Waals surface area contributed by atoms with Gasteiger partial charge in [0, 0.05) is 0 Å². The molecule has 1 N–H and O–H groups in total. The molecule has 0 atom stereocenters.